The van der Waals surface area contributed by atoms with Crippen molar-refractivity contribution in [2.45, 2.75) is 32.1 Å². The standard InChI is InChI=1S/C21H29N3O4/c25-20(17-4-3-11-24(15-17)21(26)23-9-1-2-10-23)22-8-7-16-5-6-18-19(14-16)28-13-12-27-18/h5-6,14,17H,1-4,7-13,15H2,(H,22,25)/t17-/m1/s1. The lowest BCUT2D eigenvalue weighted by Crippen LogP contribution is -2.49. The summed E-state index contributed by atoms with van der Waals surface area (Å²) >= 11 is 0. The Balaban J connectivity index is 1.25. The van der Waals surface area contributed by atoms with Gasteiger partial charge in [0.1, 0.15) is 13.2 Å². The molecule has 0 bridgehead atoms. The number of fused-ring (bicyclic) bond motifs is 1. The summed E-state index contributed by atoms with van der Waals surface area (Å²) in [6.07, 6.45) is 4.65. The van der Waals surface area contributed by atoms with E-state index in [1.807, 2.05) is 28.0 Å². The smallest absolute Gasteiger partial charge is 0.320 e. The molecular weight excluding hydrogens is 358 g/mol. The second-order valence-electron chi connectivity index (χ2n) is 7.78. The number of benzene rings is 1. The molecule has 2 fully saturated rings. The Kier molecular flexibility index (Phi) is 5.88. The number of amides is 3. The molecule has 2 saturated heterocycles. The maximum atomic E-state index is 12.6. The average molecular weight is 387 g/mol. The third-order valence-electron chi connectivity index (χ3n) is 5.76. The van der Waals surface area contributed by atoms with Crippen LogP contribution in [0.25, 0.3) is 0 Å². The van der Waals surface area contributed by atoms with Gasteiger partial charge in [-0.3, -0.25) is 4.79 Å². The van der Waals surface area contributed by atoms with Gasteiger partial charge in [0.2, 0.25) is 5.91 Å². The Morgan fingerprint density at radius 1 is 1.00 bits per heavy atom. The maximum Gasteiger partial charge on any atom is 0.320 e. The van der Waals surface area contributed by atoms with E-state index < -0.39 is 0 Å². The third-order valence-corrected chi connectivity index (χ3v) is 5.76. The monoisotopic (exact) mass is 387 g/mol. The van der Waals surface area contributed by atoms with E-state index in [1.54, 1.807) is 0 Å². The Bertz CT molecular complexity index is 718. The number of urea groups is 1. The summed E-state index contributed by atoms with van der Waals surface area (Å²) in [6.45, 7) is 4.72. The van der Waals surface area contributed by atoms with Crippen LogP contribution in [0.4, 0.5) is 4.79 Å². The molecule has 28 heavy (non-hydrogen) atoms. The predicted molar refractivity (Wildman–Crippen MR) is 105 cm³/mol. The summed E-state index contributed by atoms with van der Waals surface area (Å²) in [5, 5.41) is 3.05. The molecule has 0 aliphatic carbocycles. The zero-order chi connectivity index (χ0) is 19.3. The lowest BCUT2D eigenvalue weighted by atomic mass is 9.97. The lowest BCUT2D eigenvalue weighted by Gasteiger charge is -2.34. The largest absolute Gasteiger partial charge is 0.486 e. The number of hydrogen-bond acceptors (Lipinski definition) is 4. The van der Waals surface area contributed by atoms with Crippen molar-refractivity contribution in [3.8, 4) is 11.5 Å². The molecule has 3 aliphatic heterocycles. The van der Waals surface area contributed by atoms with Crippen molar-refractivity contribution < 1.29 is 19.1 Å². The second kappa shape index (κ2) is 8.71. The molecule has 7 heteroatoms. The molecule has 0 saturated carbocycles. The summed E-state index contributed by atoms with van der Waals surface area (Å²) in [5.41, 5.74) is 1.11. The van der Waals surface area contributed by atoms with Crippen LogP contribution < -0.4 is 14.8 Å². The van der Waals surface area contributed by atoms with E-state index in [9.17, 15) is 9.59 Å². The van der Waals surface area contributed by atoms with Gasteiger partial charge in [0.25, 0.3) is 0 Å². The Morgan fingerprint density at radius 2 is 1.75 bits per heavy atom. The average Bonchev–Trinajstić information content (AvgIpc) is 3.28. The van der Waals surface area contributed by atoms with Crippen LogP contribution in [0.3, 0.4) is 0 Å². The molecule has 3 amide bonds. The molecule has 7 nitrogen and oxygen atoms in total. The van der Waals surface area contributed by atoms with E-state index in [2.05, 4.69) is 5.32 Å². The first-order valence-corrected chi connectivity index (χ1v) is 10.4. The van der Waals surface area contributed by atoms with Crippen LogP contribution in [0.15, 0.2) is 18.2 Å². The molecule has 3 aliphatic rings. The Morgan fingerprint density at radius 3 is 2.57 bits per heavy atom. The molecule has 4 rings (SSSR count). The van der Waals surface area contributed by atoms with E-state index in [0.717, 1.165) is 68.8 Å². The topological polar surface area (TPSA) is 71.1 Å². The molecule has 152 valence electrons. The predicted octanol–water partition coefficient (Wildman–Crippen LogP) is 2.04. The van der Waals surface area contributed by atoms with Gasteiger partial charge >= 0.3 is 6.03 Å². The molecule has 0 radical (unpaired) electrons. The van der Waals surface area contributed by atoms with Crippen LogP contribution in [-0.2, 0) is 11.2 Å². The van der Waals surface area contributed by atoms with Gasteiger partial charge in [-0.25, -0.2) is 4.79 Å². The molecule has 1 aromatic carbocycles. The van der Waals surface area contributed by atoms with Crippen LogP contribution in [0.2, 0.25) is 0 Å². The van der Waals surface area contributed by atoms with Gasteiger partial charge < -0.3 is 24.6 Å². The lowest BCUT2D eigenvalue weighted by molar-refractivity contribution is -0.126. The number of carbonyl (C=O) groups is 2. The molecule has 1 N–H and O–H groups in total. The van der Waals surface area contributed by atoms with E-state index in [-0.39, 0.29) is 17.9 Å². The number of hydrogen-bond donors (Lipinski definition) is 1. The molecule has 0 unspecified atom stereocenters. The first-order valence-electron chi connectivity index (χ1n) is 10.4. The summed E-state index contributed by atoms with van der Waals surface area (Å²) in [6, 6.07) is 6.02. The zero-order valence-corrected chi connectivity index (χ0v) is 16.3. The minimum atomic E-state index is -0.111. The van der Waals surface area contributed by atoms with Gasteiger partial charge in [-0.2, -0.15) is 0 Å². The van der Waals surface area contributed by atoms with Crippen molar-refractivity contribution in [2.75, 3.05) is 45.9 Å². The van der Waals surface area contributed by atoms with Crippen molar-refractivity contribution in [2.24, 2.45) is 5.92 Å². The molecule has 1 aromatic rings. The minimum absolute atomic E-state index is 0.0523. The van der Waals surface area contributed by atoms with Crippen molar-refractivity contribution in [3.63, 3.8) is 0 Å². The van der Waals surface area contributed by atoms with Crippen molar-refractivity contribution >= 4 is 11.9 Å². The molecule has 0 aromatic heterocycles. The zero-order valence-electron chi connectivity index (χ0n) is 16.3. The first-order chi connectivity index (χ1) is 13.7. The van der Waals surface area contributed by atoms with Gasteiger partial charge in [0, 0.05) is 32.7 Å². The van der Waals surface area contributed by atoms with Crippen LogP contribution in [0.5, 0.6) is 11.5 Å². The minimum Gasteiger partial charge on any atom is -0.486 e. The number of rotatable bonds is 4. The highest BCUT2D eigenvalue weighted by atomic mass is 16.6. The fraction of sp³-hybridized carbons (Fsp3) is 0.619. The fourth-order valence-corrected chi connectivity index (χ4v) is 4.19. The van der Waals surface area contributed by atoms with E-state index in [1.165, 1.54) is 0 Å². The number of carbonyl (C=O) groups excluding carboxylic acids is 2. The van der Waals surface area contributed by atoms with Crippen LogP contribution >= 0.6 is 0 Å². The van der Waals surface area contributed by atoms with Gasteiger partial charge in [-0.05, 0) is 49.8 Å². The molecule has 1 atom stereocenters. The molecule has 0 spiro atoms. The number of piperidine rings is 1. The van der Waals surface area contributed by atoms with Crippen LogP contribution in [0, 0.1) is 5.92 Å². The van der Waals surface area contributed by atoms with Gasteiger partial charge in [0.15, 0.2) is 11.5 Å². The number of ether oxygens (including phenoxy) is 2. The highest BCUT2D eigenvalue weighted by Gasteiger charge is 2.31. The number of likely N-dealkylation sites (tertiary alicyclic amines) is 2. The SMILES string of the molecule is O=C(NCCc1ccc2c(c1)OCCO2)[C@@H]1CCCN(C(=O)N2CCCC2)C1. The summed E-state index contributed by atoms with van der Waals surface area (Å²) in [5.74, 6) is 1.50. The third kappa shape index (κ3) is 4.34. The summed E-state index contributed by atoms with van der Waals surface area (Å²) in [7, 11) is 0. The summed E-state index contributed by atoms with van der Waals surface area (Å²) in [4.78, 5) is 29.0. The quantitative estimate of drug-likeness (QED) is 0.858. The maximum absolute atomic E-state index is 12.6. The Hall–Kier alpha value is -2.44. The van der Waals surface area contributed by atoms with Crippen molar-refractivity contribution in [1.82, 2.24) is 15.1 Å². The van der Waals surface area contributed by atoms with Crippen molar-refractivity contribution in [3.05, 3.63) is 23.8 Å². The van der Waals surface area contributed by atoms with Gasteiger partial charge in [-0.1, -0.05) is 6.07 Å². The highest BCUT2D eigenvalue weighted by Crippen LogP contribution is 2.30. The van der Waals surface area contributed by atoms with Gasteiger partial charge in [-0.15, -0.1) is 0 Å². The normalized spacial score (nSPS) is 21.5. The second-order valence-corrected chi connectivity index (χ2v) is 7.78. The van der Waals surface area contributed by atoms with E-state index >= 15 is 0 Å². The van der Waals surface area contributed by atoms with Crippen LogP contribution in [-0.4, -0.2) is 67.7 Å². The van der Waals surface area contributed by atoms with E-state index in [0.29, 0.717) is 26.3 Å². The molecular formula is C21H29N3O4. The van der Waals surface area contributed by atoms with Gasteiger partial charge in [0.05, 0.1) is 5.92 Å². The van der Waals surface area contributed by atoms with E-state index in [4.69, 9.17) is 9.47 Å². The fourth-order valence-electron chi connectivity index (χ4n) is 4.19. The highest BCUT2D eigenvalue weighted by molar-refractivity contribution is 5.81. The van der Waals surface area contributed by atoms with Crippen LogP contribution in [0.1, 0.15) is 31.2 Å². The molecule has 3 heterocycles. The number of nitrogens with one attached hydrogen (secondary N) is 1. The summed E-state index contributed by atoms with van der Waals surface area (Å²) < 4.78 is 11.1. The first kappa shape index (κ1) is 18.9. The van der Waals surface area contributed by atoms with Crippen molar-refractivity contribution in [1.29, 1.82) is 0 Å². The number of nitrogens with zero attached hydrogens (tertiary/aromatic N) is 2. The Labute approximate surface area is 166 Å².